The summed E-state index contributed by atoms with van der Waals surface area (Å²) < 4.78 is 10.3. The maximum atomic E-state index is 10.5. The Hall–Kier alpha value is -1.74. The highest BCUT2D eigenvalue weighted by atomic mass is 16.7. The zero-order chi connectivity index (χ0) is 14.0. The number of hydrogen-bond donors (Lipinski definition) is 3. The van der Waals surface area contributed by atoms with Gasteiger partial charge in [-0.15, -0.1) is 0 Å². The summed E-state index contributed by atoms with van der Waals surface area (Å²) >= 11 is 0. The van der Waals surface area contributed by atoms with Crippen LogP contribution >= 0.6 is 0 Å². The fraction of sp³-hybridized carbons (Fsp3) is 0.455. The van der Waals surface area contributed by atoms with Crippen LogP contribution in [0, 0.1) is 10.1 Å². The lowest BCUT2D eigenvalue weighted by atomic mass is 10.1. The molecule has 0 radical (unpaired) electrons. The quantitative estimate of drug-likeness (QED) is 0.496. The molecule has 2 rings (SSSR count). The second-order valence-electron chi connectivity index (χ2n) is 4.12. The molecule has 1 aliphatic heterocycles. The number of hydrogen-bond acceptors (Lipinski definition) is 7. The van der Waals surface area contributed by atoms with Gasteiger partial charge in [-0.05, 0) is 12.1 Å². The van der Waals surface area contributed by atoms with E-state index < -0.39 is 29.5 Å². The van der Waals surface area contributed by atoms with Crippen LogP contribution in [0.4, 0.5) is 5.69 Å². The second-order valence-corrected chi connectivity index (χ2v) is 4.12. The van der Waals surface area contributed by atoms with Gasteiger partial charge in [0.2, 0.25) is 6.29 Å². The van der Waals surface area contributed by atoms with E-state index in [0.717, 1.165) is 0 Å². The average Bonchev–Trinajstić information content (AvgIpc) is 2.40. The molecular formula is C11H13NO7. The fourth-order valence-corrected chi connectivity index (χ4v) is 1.66. The summed E-state index contributed by atoms with van der Waals surface area (Å²) in [6, 6.07) is 5.20. The van der Waals surface area contributed by atoms with Crippen molar-refractivity contribution in [1.29, 1.82) is 0 Å². The van der Waals surface area contributed by atoms with Crippen LogP contribution < -0.4 is 4.74 Å². The Bertz CT molecular complexity index is 449. The van der Waals surface area contributed by atoms with Crippen LogP contribution in [-0.4, -0.2) is 51.5 Å². The zero-order valence-corrected chi connectivity index (χ0v) is 9.75. The van der Waals surface area contributed by atoms with Crippen molar-refractivity contribution >= 4 is 5.69 Å². The molecule has 4 atom stereocenters. The van der Waals surface area contributed by atoms with Gasteiger partial charge >= 0.3 is 0 Å². The van der Waals surface area contributed by atoms with Gasteiger partial charge in [0.25, 0.3) is 5.69 Å². The summed E-state index contributed by atoms with van der Waals surface area (Å²) in [5.74, 6) is 0.248. The monoisotopic (exact) mass is 271 g/mol. The van der Waals surface area contributed by atoms with Crippen molar-refractivity contribution in [2.45, 2.75) is 24.6 Å². The fourth-order valence-electron chi connectivity index (χ4n) is 1.66. The van der Waals surface area contributed by atoms with Crippen LogP contribution in [0.15, 0.2) is 24.3 Å². The smallest absolute Gasteiger partial charge is 0.269 e. The largest absolute Gasteiger partial charge is 0.462 e. The summed E-state index contributed by atoms with van der Waals surface area (Å²) in [5.41, 5.74) is -0.0899. The standard InChI is InChI=1S/C11H13NO7/c13-8-5-18-11(10(15)9(8)14)19-7-3-1-6(2-4-7)12(16)17/h1-4,8-11,13-15H,5H2/t8-,9-,10-,11+/m1/s1. The molecule has 19 heavy (non-hydrogen) atoms. The van der Waals surface area contributed by atoms with Gasteiger partial charge in [0.1, 0.15) is 24.1 Å². The number of rotatable bonds is 3. The normalized spacial score (nSPS) is 30.9. The molecule has 8 nitrogen and oxygen atoms in total. The first kappa shape index (κ1) is 13.7. The molecule has 0 aliphatic carbocycles. The number of aliphatic hydroxyl groups excluding tert-OH is 3. The lowest BCUT2D eigenvalue weighted by Gasteiger charge is -2.34. The lowest BCUT2D eigenvalue weighted by molar-refractivity contribution is -0.384. The van der Waals surface area contributed by atoms with Gasteiger partial charge in [-0.2, -0.15) is 0 Å². The summed E-state index contributed by atoms with van der Waals surface area (Å²) in [6.07, 6.45) is -5.08. The molecule has 0 aromatic heterocycles. The summed E-state index contributed by atoms with van der Waals surface area (Å²) in [5, 5.41) is 38.8. The van der Waals surface area contributed by atoms with Crippen LogP contribution in [0.25, 0.3) is 0 Å². The van der Waals surface area contributed by atoms with Crippen LogP contribution in [0.5, 0.6) is 5.75 Å². The van der Waals surface area contributed by atoms with Crippen molar-refractivity contribution in [3.63, 3.8) is 0 Å². The molecule has 0 amide bonds. The molecular weight excluding hydrogens is 258 g/mol. The summed E-state index contributed by atoms with van der Waals surface area (Å²) in [6.45, 7) is -0.171. The van der Waals surface area contributed by atoms with Gasteiger partial charge in [-0.3, -0.25) is 10.1 Å². The molecule has 0 bridgehead atoms. The van der Waals surface area contributed by atoms with E-state index in [0.29, 0.717) is 0 Å². The van der Waals surface area contributed by atoms with Gasteiger partial charge < -0.3 is 24.8 Å². The van der Waals surface area contributed by atoms with Crippen molar-refractivity contribution in [3.05, 3.63) is 34.4 Å². The number of nitro groups is 1. The number of non-ortho nitro benzene ring substituents is 1. The molecule has 1 saturated heterocycles. The Morgan fingerprint density at radius 3 is 2.42 bits per heavy atom. The van der Waals surface area contributed by atoms with Gasteiger partial charge in [-0.1, -0.05) is 0 Å². The third kappa shape index (κ3) is 2.99. The van der Waals surface area contributed by atoms with Gasteiger partial charge in [0, 0.05) is 12.1 Å². The lowest BCUT2D eigenvalue weighted by Crippen LogP contribution is -2.54. The molecule has 0 saturated carbocycles. The molecule has 1 aromatic carbocycles. The molecule has 1 fully saturated rings. The van der Waals surface area contributed by atoms with Gasteiger partial charge in [0.05, 0.1) is 11.5 Å². The van der Waals surface area contributed by atoms with Gasteiger partial charge in [0.15, 0.2) is 0 Å². The van der Waals surface area contributed by atoms with Crippen LogP contribution in [-0.2, 0) is 4.74 Å². The number of nitrogens with zero attached hydrogens (tertiary/aromatic N) is 1. The predicted molar refractivity (Wildman–Crippen MR) is 61.5 cm³/mol. The van der Waals surface area contributed by atoms with Crippen molar-refractivity contribution in [2.24, 2.45) is 0 Å². The van der Waals surface area contributed by atoms with E-state index >= 15 is 0 Å². The molecule has 1 aromatic rings. The molecule has 1 heterocycles. The summed E-state index contributed by atoms with van der Waals surface area (Å²) in [4.78, 5) is 9.93. The SMILES string of the molecule is O=[N+]([O-])c1ccc(O[C@@H]2OC[C@@H](O)[C@@H](O)[C@H]2O)cc1. The highest BCUT2D eigenvalue weighted by molar-refractivity contribution is 5.36. The van der Waals surface area contributed by atoms with E-state index in [4.69, 9.17) is 9.47 Å². The zero-order valence-electron chi connectivity index (χ0n) is 9.75. The third-order valence-electron chi connectivity index (χ3n) is 2.75. The minimum absolute atomic E-state index is 0.0899. The second kappa shape index (κ2) is 5.49. The Kier molecular flexibility index (Phi) is 3.96. The van der Waals surface area contributed by atoms with E-state index in [9.17, 15) is 25.4 Å². The van der Waals surface area contributed by atoms with Crippen LogP contribution in [0.1, 0.15) is 0 Å². The molecule has 0 spiro atoms. The Morgan fingerprint density at radius 2 is 1.84 bits per heavy atom. The van der Waals surface area contributed by atoms with E-state index in [2.05, 4.69) is 0 Å². The molecule has 1 aliphatic rings. The Morgan fingerprint density at radius 1 is 1.21 bits per heavy atom. The first-order valence-electron chi connectivity index (χ1n) is 5.56. The maximum Gasteiger partial charge on any atom is 0.269 e. The van der Waals surface area contributed by atoms with Gasteiger partial charge in [-0.25, -0.2) is 0 Å². The van der Waals surface area contributed by atoms with Crippen molar-refractivity contribution in [1.82, 2.24) is 0 Å². The number of aliphatic hydroxyl groups is 3. The van der Waals surface area contributed by atoms with Crippen molar-refractivity contribution in [2.75, 3.05) is 6.61 Å². The van der Waals surface area contributed by atoms with E-state index in [1.54, 1.807) is 0 Å². The highest BCUT2D eigenvalue weighted by Gasteiger charge is 2.38. The Labute approximate surface area is 108 Å². The maximum absolute atomic E-state index is 10.5. The number of ether oxygens (including phenoxy) is 2. The molecule has 8 heteroatoms. The van der Waals surface area contributed by atoms with E-state index in [1.807, 2.05) is 0 Å². The van der Waals surface area contributed by atoms with Crippen LogP contribution in [0.2, 0.25) is 0 Å². The van der Waals surface area contributed by atoms with E-state index in [-0.39, 0.29) is 18.0 Å². The van der Waals surface area contributed by atoms with Crippen molar-refractivity contribution in [3.8, 4) is 5.75 Å². The minimum atomic E-state index is -1.40. The van der Waals surface area contributed by atoms with Crippen molar-refractivity contribution < 1.29 is 29.7 Å². The van der Waals surface area contributed by atoms with E-state index in [1.165, 1.54) is 24.3 Å². The first-order chi connectivity index (χ1) is 8.99. The summed E-state index contributed by atoms with van der Waals surface area (Å²) in [7, 11) is 0. The predicted octanol–water partition coefficient (Wildman–Crippen LogP) is -0.587. The Balaban J connectivity index is 2.03. The molecule has 104 valence electrons. The molecule has 3 N–H and O–H groups in total. The third-order valence-corrected chi connectivity index (χ3v) is 2.75. The molecule has 0 unspecified atom stereocenters. The number of nitro benzene ring substituents is 1. The first-order valence-corrected chi connectivity index (χ1v) is 5.56. The topological polar surface area (TPSA) is 122 Å². The average molecular weight is 271 g/mol. The minimum Gasteiger partial charge on any atom is -0.462 e. The number of benzene rings is 1. The van der Waals surface area contributed by atoms with Crippen LogP contribution in [0.3, 0.4) is 0 Å². The highest BCUT2D eigenvalue weighted by Crippen LogP contribution is 2.22.